The van der Waals surface area contributed by atoms with E-state index in [1.54, 1.807) is 0 Å². The van der Waals surface area contributed by atoms with E-state index in [4.69, 9.17) is 16.7 Å². The number of nitrogens with one attached hydrogen (secondary N) is 1. The van der Waals surface area contributed by atoms with Gasteiger partial charge in [-0.2, -0.15) is 0 Å². The summed E-state index contributed by atoms with van der Waals surface area (Å²) in [5.41, 5.74) is -1.61. The van der Waals surface area contributed by atoms with Gasteiger partial charge in [0.25, 0.3) is 0 Å². The van der Waals surface area contributed by atoms with Crippen molar-refractivity contribution in [3.05, 3.63) is 28.5 Å². The zero-order valence-electron chi connectivity index (χ0n) is 12.9. The smallest absolute Gasteiger partial charge is 0.407 e. The van der Waals surface area contributed by atoms with Crippen LogP contribution in [0, 0.1) is 5.82 Å². The molecule has 0 saturated carbocycles. The van der Waals surface area contributed by atoms with Gasteiger partial charge in [0.15, 0.2) is 0 Å². The minimum absolute atomic E-state index is 0.0170. The van der Waals surface area contributed by atoms with Crippen LogP contribution in [0.2, 0.25) is 5.02 Å². The number of carbonyl (C=O) groups excluding carboxylic acids is 1. The first-order valence-corrected chi connectivity index (χ1v) is 7.61. The number of methoxy groups -OCH3 is 1. The average molecular weight is 363 g/mol. The van der Waals surface area contributed by atoms with Gasteiger partial charge in [-0.3, -0.25) is 0 Å². The van der Waals surface area contributed by atoms with Crippen molar-refractivity contribution >= 4 is 29.4 Å². The van der Waals surface area contributed by atoms with Crippen LogP contribution in [-0.2, 0) is 4.74 Å². The number of carbonyl (C=O) groups is 2. The lowest BCUT2D eigenvalue weighted by Gasteiger charge is -2.35. The van der Waals surface area contributed by atoms with Gasteiger partial charge in [0, 0.05) is 32.5 Å². The van der Waals surface area contributed by atoms with Crippen LogP contribution >= 0.6 is 11.6 Å². The maximum Gasteiger partial charge on any atom is 0.407 e. The SMILES string of the molecule is COC(=O)c1cc(F)c(Cl)c(NCC2(F)CCN(C(=O)O)CC2)c1. The van der Waals surface area contributed by atoms with Gasteiger partial charge in [-0.05, 0) is 12.1 Å². The van der Waals surface area contributed by atoms with Gasteiger partial charge >= 0.3 is 12.1 Å². The Labute approximate surface area is 142 Å². The fourth-order valence-electron chi connectivity index (χ4n) is 2.48. The van der Waals surface area contributed by atoms with Crippen LogP contribution in [-0.4, -0.2) is 54.5 Å². The molecule has 1 fully saturated rings. The number of hydrogen-bond acceptors (Lipinski definition) is 4. The molecule has 0 radical (unpaired) electrons. The third kappa shape index (κ3) is 4.05. The third-order valence-electron chi connectivity index (χ3n) is 3.98. The van der Waals surface area contributed by atoms with Crippen molar-refractivity contribution in [2.24, 2.45) is 0 Å². The van der Waals surface area contributed by atoms with E-state index >= 15 is 0 Å². The zero-order chi connectivity index (χ0) is 17.9. The van der Waals surface area contributed by atoms with Crippen molar-refractivity contribution in [2.45, 2.75) is 18.5 Å². The molecule has 24 heavy (non-hydrogen) atoms. The Balaban J connectivity index is 2.07. The van der Waals surface area contributed by atoms with Gasteiger partial charge in [0.2, 0.25) is 0 Å². The maximum atomic E-state index is 14.7. The number of alkyl halides is 1. The first-order valence-electron chi connectivity index (χ1n) is 7.24. The highest BCUT2D eigenvalue weighted by molar-refractivity contribution is 6.33. The van der Waals surface area contributed by atoms with Crippen molar-refractivity contribution in [3.8, 4) is 0 Å². The van der Waals surface area contributed by atoms with Crippen LogP contribution in [0.1, 0.15) is 23.2 Å². The van der Waals surface area contributed by atoms with Gasteiger partial charge in [-0.1, -0.05) is 11.6 Å². The van der Waals surface area contributed by atoms with E-state index in [1.807, 2.05) is 0 Å². The van der Waals surface area contributed by atoms with Crippen molar-refractivity contribution in [1.82, 2.24) is 4.90 Å². The van der Waals surface area contributed by atoms with Crippen LogP contribution < -0.4 is 5.32 Å². The molecule has 0 aliphatic carbocycles. The average Bonchev–Trinajstić information content (AvgIpc) is 2.55. The number of ether oxygens (including phenoxy) is 1. The molecule has 2 N–H and O–H groups in total. The van der Waals surface area contributed by atoms with Crippen molar-refractivity contribution in [1.29, 1.82) is 0 Å². The fraction of sp³-hybridized carbons (Fsp3) is 0.467. The Hall–Kier alpha value is -2.09. The molecule has 9 heteroatoms. The molecule has 1 aliphatic heterocycles. The molecule has 1 heterocycles. The lowest BCUT2D eigenvalue weighted by molar-refractivity contribution is 0.0599. The predicted molar refractivity (Wildman–Crippen MR) is 83.9 cm³/mol. The second kappa shape index (κ2) is 7.21. The number of rotatable bonds is 4. The Kier molecular flexibility index (Phi) is 5.48. The standard InChI is InChI=1S/C15H17ClF2N2O4/c1-24-13(21)9-6-10(17)12(16)11(7-9)19-8-15(18)2-4-20(5-3-15)14(22)23/h6-7,19H,2-5,8H2,1H3,(H,22,23). The summed E-state index contributed by atoms with van der Waals surface area (Å²) in [6, 6.07) is 2.23. The number of piperidine rings is 1. The predicted octanol–water partition coefficient (Wildman–Crippen LogP) is 3.16. The summed E-state index contributed by atoms with van der Waals surface area (Å²) in [6.45, 7) is -0.0140. The van der Waals surface area contributed by atoms with Crippen LogP contribution in [0.25, 0.3) is 0 Å². The number of carboxylic acid groups (broad SMARTS) is 1. The molecule has 1 saturated heterocycles. The summed E-state index contributed by atoms with van der Waals surface area (Å²) >= 11 is 5.84. The molecule has 132 valence electrons. The maximum absolute atomic E-state index is 14.7. The molecule has 0 aromatic heterocycles. The summed E-state index contributed by atoms with van der Waals surface area (Å²) in [7, 11) is 1.16. The number of nitrogens with zero attached hydrogens (tertiary/aromatic N) is 1. The molecule has 0 bridgehead atoms. The molecule has 6 nitrogen and oxygen atoms in total. The lowest BCUT2D eigenvalue weighted by atomic mass is 9.93. The number of halogens is 3. The van der Waals surface area contributed by atoms with Gasteiger partial charge < -0.3 is 20.1 Å². The van der Waals surface area contributed by atoms with Gasteiger partial charge in [0.05, 0.1) is 23.4 Å². The van der Waals surface area contributed by atoms with E-state index in [1.165, 1.54) is 6.07 Å². The number of benzene rings is 1. The summed E-state index contributed by atoms with van der Waals surface area (Å²) in [4.78, 5) is 23.5. The monoisotopic (exact) mass is 362 g/mol. The number of hydrogen-bond donors (Lipinski definition) is 2. The van der Waals surface area contributed by atoms with E-state index in [0.717, 1.165) is 18.1 Å². The van der Waals surface area contributed by atoms with E-state index in [9.17, 15) is 18.4 Å². The molecular weight excluding hydrogens is 346 g/mol. The number of esters is 1. The number of amides is 1. The van der Waals surface area contributed by atoms with E-state index in [0.29, 0.717) is 0 Å². The summed E-state index contributed by atoms with van der Waals surface area (Å²) in [5.74, 6) is -1.56. The highest BCUT2D eigenvalue weighted by Crippen LogP contribution is 2.31. The molecule has 0 atom stereocenters. The van der Waals surface area contributed by atoms with E-state index < -0.39 is 23.5 Å². The van der Waals surface area contributed by atoms with Crippen LogP contribution in [0.4, 0.5) is 19.3 Å². The first kappa shape index (κ1) is 18.3. The molecule has 0 spiro atoms. The molecule has 1 aromatic rings. The second-order valence-corrected chi connectivity index (χ2v) is 5.96. The first-order chi connectivity index (χ1) is 11.3. The molecule has 1 aliphatic rings. The molecule has 1 aromatic carbocycles. The highest BCUT2D eigenvalue weighted by Gasteiger charge is 2.36. The number of anilines is 1. The lowest BCUT2D eigenvalue weighted by Crippen LogP contribution is -2.47. The Morgan fingerprint density at radius 2 is 2.04 bits per heavy atom. The van der Waals surface area contributed by atoms with Crippen LogP contribution in [0.3, 0.4) is 0 Å². The third-order valence-corrected chi connectivity index (χ3v) is 4.36. The van der Waals surface area contributed by atoms with E-state index in [-0.39, 0.29) is 48.7 Å². The Morgan fingerprint density at radius 1 is 1.42 bits per heavy atom. The zero-order valence-corrected chi connectivity index (χ0v) is 13.7. The quantitative estimate of drug-likeness (QED) is 0.804. The van der Waals surface area contributed by atoms with Crippen LogP contribution in [0.15, 0.2) is 12.1 Å². The summed E-state index contributed by atoms with van der Waals surface area (Å²) < 4.78 is 33.1. The van der Waals surface area contributed by atoms with Crippen molar-refractivity contribution in [2.75, 3.05) is 32.1 Å². The normalized spacial score (nSPS) is 16.6. The van der Waals surface area contributed by atoms with Crippen molar-refractivity contribution in [3.63, 3.8) is 0 Å². The molecule has 0 unspecified atom stereocenters. The van der Waals surface area contributed by atoms with E-state index in [2.05, 4.69) is 10.1 Å². The fourth-order valence-corrected chi connectivity index (χ4v) is 2.66. The molecule has 2 rings (SSSR count). The number of likely N-dealkylation sites (tertiary alicyclic amines) is 1. The summed E-state index contributed by atoms with van der Waals surface area (Å²) in [6.07, 6.45) is -1.05. The van der Waals surface area contributed by atoms with Gasteiger partial charge in [-0.15, -0.1) is 0 Å². The summed E-state index contributed by atoms with van der Waals surface area (Å²) in [5, 5.41) is 11.3. The largest absolute Gasteiger partial charge is 0.465 e. The van der Waals surface area contributed by atoms with Gasteiger partial charge in [0.1, 0.15) is 11.5 Å². The topological polar surface area (TPSA) is 78.9 Å². The van der Waals surface area contributed by atoms with Gasteiger partial charge in [-0.25, -0.2) is 18.4 Å². The molecular formula is C15H17ClF2N2O4. The minimum Gasteiger partial charge on any atom is -0.465 e. The van der Waals surface area contributed by atoms with Crippen LogP contribution in [0.5, 0.6) is 0 Å². The Morgan fingerprint density at radius 3 is 2.58 bits per heavy atom. The van der Waals surface area contributed by atoms with Crippen molar-refractivity contribution < 1.29 is 28.2 Å². The second-order valence-electron chi connectivity index (χ2n) is 5.59. The minimum atomic E-state index is -1.65. The molecule has 1 amide bonds. The highest BCUT2D eigenvalue weighted by atomic mass is 35.5. The Bertz CT molecular complexity index is 649.